The average molecular weight is 465 g/mol. The molecule has 1 atom stereocenters. The molecule has 1 N–H and O–H groups in total. The van der Waals surface area contributed by atoms with Crippen LogP contribution in [0.5, 0.6) is 0 Å². The van der Waals surface area contributed by atoms with E-state index < -0.39 is 0 Å². The predicted octanol–water partition coefficient (Wildman–Crippen LogP) is 5.51. The minimum absolute atomic E-state index is 0.0642. The van der Waals surface area contributed by atoms with Crippen molar-refractivity contribution >= 4 is 46.2 Å². The van der Waals surface area contributed by atoms with E-state index >= 15 is 0 Å². The second-order valence-electron chi connectivity index (χ2n) is 5.57. The third-order valence-corrected chi connectivity index (χ3v) is 5.28. The van der Waals surface area contributed by atoms with Gasteiger partial charge >= 0.3 is 0 Å². The summed E-state index contributed by atoms with van der Waals surface area (Å²) in [7, 11) is 0. The van der Waals surface area contributed by atoms with Crippen LogP contribution in [0.4, 0.5) is 0 Å². The molecular formula is C20H18ClIN2O. The van der Waals surface area contributed by atoms with Gasteiger partial charge in [0.1, 0.15) is 11.6 Å². The van der Waals surface area contributed by atoms with Crippen molar-refractivity contribution in [2.24, 2.45) is 0 Å². The summed E-state index contributed by atoms with van der Waals surface area (Å²) in [6.07, 6.45) is 3.30. The van der Waals surface area contributed by atoms with Crippen LogP contribution in [0.15, 0.2) is 54.1 Å². The van der Waals surface area contributed by atoms with E-state index in [2.05, 4.69) is 34.8 Å². The van der Waals surface area contributed by atoms with Gasteiger partial charge in [0.2, 0.25) is 0 Å². The van der Waals surface area contributed by atoms with E-state index in [1.165, 1.54) is 0 Å². The number of carbonyl (C=O) groups excluding carboxylic acids is 1. The van der Waals surface area contributed by atoms with Gasteiger partial charge in [0.05, 0.1) is 11.1 Å². The van der Waals surface area contributed by atoms with Crippen molar-refractivity contribution in [1.29, 1.82) is 5.26 Å². The van der Waals surface area contributed by atoms with Gasteiger partial charge in [-0.05, 0) is 58.3 Å². The van der Waals surface area contributed by atoms with Crippen LogP contribution in [-0.2, 0) is 4.79 Å². The smallest absolute Gasteiger partial charge is 0.262 e. The summed E-state index contributed by atoms with van der Waals surface area (Å²) in [5.41, 5.74) is 1.82. The van der Waals surface area contributed by atoms with E-state index in [9.17, 15) is 10.1 Å². The number of nitrogens with one attached hydrogen (secondary N) is 1. The van der Waals surface area contributed by atoms with E-state index in [1.54, 1.807) is 12.1 Å². The molecule has 0 aliphatic rings. The van der Waals surface area contributed by atoms with Gasteiger partial charge in [-0.1, -0.05) is 61.3 Å². The zero-order valence-electron chi connectivity index (χ0n) is 13.8. The standard InChI is InChI=1S/C20H18ClIN2O/c1-2-6-19(15-7-4-3-5-8-15)24-20(25)16(13-23)11-14-9-10-18(22)17(21)12-14/h3-5,7-12,19H,2,6H2,1H3,(H,24,25)/b16-11+/t19-/m0/s1. The maximum atomic E-state index is 12.6. The van der Waals surface area contributed by atoms with Crippen LogP contribution in [0.3, 0.4) is 0 Å². The molecule has 0 bridgehead atoms. The van der Waals surface area contributed by atoms with Crippen LogP contribution in [0.1, 0.15) is 36.9 Å². The first-order valence-corrected chi connectivity index (χ1v) is 9.43. The second kappa shape index (κ2) is 9.59. The van der Waals surface area contributed by atoms with Gasteiger partial charge in [-0.3, -0.25) is 4.79 Å². The zero-order valence-corrected chi connectivity index (χ0v) is 16.7. The van der Waals surface area contributed by atoms with E-state index in [4.69, 9.17) is 11.6 Å². The largest absolute Gasteiger partial charge is 0.345 e. The van der Waals surface area contributed by atoms with Crippen LogP contribution in [0, 0.1) is 14.9 Å². The molecule has 1 amide bonds. The topological polar surface area (TPSA) is 52.9 Å². The highest BCUT2D eigenvalue weighted by atomic mass is 127. The Morgan fingerprint density at radius 3 is 2.64 bits per heavy atom. The lowest BCUT2D eigenvalue weighted by Crippen LogP contribution is -2.29. The molecule has 0 spiro atoms. The highest BCUT2D eigenvalue weighted by Gasteiger charge is 2.16. The number of nitriles is 1. The Labute approximate surface area is 166 Å². The van der Waals surface area contributed by atoms with E-state index in [0.717, 1.165) is 27.5 Å². The number of halogens is 2. The first-order chi connectivity index (χ1) is 12.0. The Morgan fingerprint density at radius 2 is 2.04 bits per heavy atom. The van der Waals surface area contributed by atoms with Crippen LogP contribution >= 0.6 is 34.2 Å². The van der Waals surface area contributed by atoms with Crippen molar-refractivity contribution in [1.82, 2.24) is 5.32 Å². The van der Waals surface area contributed by atoms with Crippen molar-refractivity contribution in [3.8, 4) is 6.07 Å². The molecule has 0 heterocycles. The Kier molecular flexibility index (Phi) is 7.48. The van der Waals surface area contributed by atoms with Gasteiger partial charge in [-0.15, -0.1) is 0 Å². The normalized spacial score (nSPS) is 12.3. The van der Waals surface area contributed by atoms with Crippen LogP contribution < -0.4 is 5.32 Å². The maximum Gasteiger partial charge on any atom is 0.262 e. The molecule has 0 aromatic heterocycles. The molecular weight excluding hydrogens is 447 g/mol. The van der Waals surface area contributed by atoms with Crippen molar-refractivity contribution in [3.63, 3.8) is 0 Å². The molecule has 0 fully saturated rings. The molecule has 0 aliphatic heterocycles. The fourth-order valence-corrected chi connectivity index (χ4v) is 2.97. The third kappa shape index (κ3) is 5.58. The molecule has 2 rings (SSSR count). The summed E-state index contributed by atoms with van der Waals surface area (Å²) >= 11 is 8.24. The van der Waals surface area contributed by atoms with E-state index in [0.29, 0.717) is 5.02 Å². The van der Waals surface area contributed by atoms with Gasteiger partial charge in [0.15, 0.2) is 0 Å². The number of carbonyl (C=O) groups is 1. The van der Waals surface area contributed by atoms with E-state index in [-0.39, 0.29) is 17.5 Å². The van der Waals surface area contributed by atoms with Gasteiger partial charge in [0.25, 0.3) is 5.91 Å². The molecule has 2 aromatic rings. The van der Waals surface area contributed by atoms with Gasteiger partial charge in [0, 0.05) is 3.57 Å². The van der Waals surface area contributed by atoms with Crippen LogP contribution in [-0.4, -0.2) is 5.91 Å². The van der Waals surface area contributed by atoms with Crippen LogP contribution in [0.25, 0.3) is 6.08 Å². The number of benzene rings is 2. The lowest BCUT2D eigenvalue weighted by molar-refractivity contribution is -0.117. The fourth-order valence-electron chi connectivity index (χ4n) is 2.45. The van der Waals surface area contributed by atoms with Crippen molar-refractivity contribution < 1.29 is 4.79 Å². The van der Waals surface area contributed by atoms with Crippen LogP contribution in [0.2, 0.25) is 5.02 Å². The lowest BCUT2D eigenvalue weighted by atomic mass is 10.0. The molecule has 0 unspecified atom stereocenters. The predicted molar refractivity (Wildman–Crippen MR) is 110 cm³/mol. The maximum absolute atomic E-state index is 12.6. The molecule has 0 saturated heterocycles. The number of nitrogens with zero attached hydrogens (tertiary/aromatic N) is 1. The summed E-state index contributed by atoms with van der Waals surface area (Å²) in [4.78, 5) is 12.6. The van der Waals surface area contributed by atoms with Gasteiger partial charge in [-0.2, -0.15) is 5.26 Å². The van der Waals surface area contributed by atoms with Crippen molar-refractivity contribution in [2.45, 2.75) is 25.8 Å². The van der Waals surface area contributed by atoms with Gasteiger partial charge < -0.3 is 5.32 Å². The highest BCUT2D eigenvalue weighted by molar-refractivity contribution is 14.1. The summed E-state index contributed by atoms with van der Waals surface area (Å²) in [5.74, 6) is -0.375. The highest BCUT2D eigenvalue weighted by Crippen LogP contribution is 2.22. The molecule has 2 aromatic carbocycles. The summed E-state index contributed by atoms with van der Waals surface area (Å²) < 4.78 is 0.923. The Balaban J connectivity index is 2.22. The molecule has 3 nitrogen and oxygen atoms in total. The van der Waals surface area contributed by atoms with E-state index in [1.807, 2.05) is 48.5 Å². The first kappa shape index (κ1) is 19.5. The minimum atomic E-state index is -0.375. The molecule has 25 heavy (non-hydrogen) atoms. The molecule has 0 aliphatic carbocycles. The molecule has 128 valence electrons. The molecule has 0 radical (unpaired) electrons. The minimum Gasteiger partial charge on any atom is -0.345 e. The van der Waals surface area contributed by atoms with Gasteiger partial charge in [-0.25, -0.2) is 0 Å². The number of amides is 1. The SMILES string of the molecule is CCC[C@H](NC(=O)/C(C#N)=C/c1ccc(I)c(Cl)c1)c1ccccc1. The van der Waals surface area contributed by atoms with Crippen molar-refractivity contribution in [2.75, 3.05) is 0 Å². The zero-order chi connectivity index (χ0) is 18.2. The Hall–Kier alpha value is -1.84. The Bertz CT molecular complexity index is 812. The van der Waals surface area contributed by atoms with Crippen molar-refractivity contribution in [3.05, 3.63) is 73.8 Å². The quantitative estimate of drug-likeness (QED) is 0.348. The summed E-state index contributed by atoms with van der Waals surface area (Å²) in [5, 5.41) is 12.9. The molecule has 5 heteroatoms. The fraction of sp³-hybridized carbons (Fsp3) is 0.200. The molecule has 0 saturated carbocycles. The average Bonchev–Trinajstić information content (AvgIpc) is 2.62. The Morgan fingerprint density at radius 1 is 1.32 bits per heavy atom. The number of hydrogen-bond acceptors (Lipinski definition) is 2. The second-order valence-corrected chi connectivity index (χ2v) is 7.14. The third-order valence-electron chi connectivity index (χ3n) is 3.70. The number of rotatable bonds is 6. The summed E-state index contributed by atoms with van der Waals surface area (Å²) in [6, 6.07) is 17.1. The monoisotopic (exact) mass is 464 g/mol. The lowest BCUT2D eigenvalue weighted by Gasteiger charge is -2.18. The summed E-state index contributed by atoms with van der Waals surface area (Å²) in [6.45, 7) is 2.07. The number of hydrogen-bond donors (Lipinski definition) is 1. The first-order valence-electron chi connectivity index (χ1n) is 7.97.